The Balaban J connectivity index is 1.41. The Bertz CT molecular complexity index is 422. The molecule has 4 heteroatoms. The van der Waals surface area contributed by atoms with Gasteiger partial charge in [0, 0.05) is 24.9 Å². The van der Waals surface area contributed by atoms with Crippen LogP contribution in [-0.2, 0) is 9.59 Å². The molecule has 4 nitrogen and oxygen atoms in total. The molecule has 28 heavy (non-hydrogen) atoms. The Hall–Kier alpha value is -1.06. The largest absolute Gasteiger partial charge is 0.356 e. The number of unbranched alkanes of at least 4 members (excludes halogenated alkanes) is 4. The maximum absolute atomic E-state index is 12.3. The van der Waals surface area contributed by atoms with E-state index in [0.717, 1.165) is 64.3 Å². The molecule has 162 valence electrons. The minimum atomic E-state index is 0.248. The Morgan fingerprint density at radius 3 is 1.86 bits per heavy atom. The molecule has 0 heterocycles. The van der Waals surface area contributed by atoms with Crippen LogP contribution in [0, 0.1) is 5.92 Å². The van der Waals surface area contributed by atoms with E-state index in [1.165, 1.54) is 57.8 Å². The zero-order valence-electron chi connectivity index (χ0n) is 18.1. The predicted molar refractivity (Wildman–Crippen MR) is 116 cm³/mol. The summed E-state index contributed by atoms with van der Waals surface area (Å²) in [5, 5.41) is 6.39. The van der Waals surface area contributed by atoms with Gasteiger partial charge in [-0.15, -0.1) is 0 Å². The topological polar surface area (TPSA) is 58.2 Å². The zero-order valence-corrected chi connectivity index (χ0v) is 18.1. The van der Waals surface area contributed by atoms with Gasteiger partial charge >= 0.3 is 0 Å². The number of carbonyl (C=O) groups excluding carboxylic acids is 2. The van der Waals surface area contributed by atoms with E-state index < -0.39 is 0 Å². The van der Waals surface area contributed by atoms with E-state index >= 15 is 0 Å². The van der Waals surface area contributed by atoms with Crippen LogP contribution in [-0.4, -0.2) is 24.4 Å². The Kier molecular flexibility index (Phi) is 12.3. The van der Waals surface area contributed by atoms with Gasteiger partial charge in [0.25, 0.3) is 0 Å². The summed E-state index contributed by atoms with van der Waals surface area (Å²) in [6, 6.07) is 0.427. The van der Waals surface area contributed by atoms with Gasteiger partial charge in [0.15, 0.2) is 0 Å². The number of hydrogen-bond donors (Lipinski definition) is 2. The molecule has 0 aromatic rings. The third kappa shape index (κ3) is 10.5. The fourth-order valence-electron chi connectivity index (χ4n) is 4.74. The summed E-state index contributed by atoms with van der Waals surface area (Å²) in [5.74, 6) is 0.794. The molecule has 2 amide bonds. The second kappa shape index (κ2) is 14.9. The van der Waals surface area contributed by atoms with Gasteiger partial charge in [-0.05, 0) is 38.5 Å². The molecule has 0 aromatic carbocycles. The molecule has 0 saturated heterocycles. The van der Waals surface area contributed by atoms with E-state index in [0.29, 0.717) is 12.5 Å². The average Bonchev–Trinajstić information content (AvgIpc) is 2.92. The molecule has 0 spiro atoms. The fraction of sp³-hybridized carbons (Fsp3) is 0.917. The summed E-state index contributed by atoms with van der Waals surface area (Å²) >= 11 is 0. The van der Waals surface area contributed by atoms with E-state index in [9.17, 15) is 9.59 Å². The van der Waals surface area contributed by atoms with Gasteiger partial charge < -0.3 is 10.6 Å². The van der Waals surface area contributed by atoms with Gasteiger partial charge in [-0.3, -0.25) is 9.59 Å². The van der Waals surface area contributed by atoms with Crippen molar-refractivity contribution in [2.75, 3.05) is 6.54 Å². The zero-order chi connectivity index (χ0) is 19.9. The molecule has 0 unspecified atom stereocenters. The highest BCUT2D eigenvalue weighted by atomic mass is 16.2. The summed E-state index contributed by atoms with van der Waals surface area (Å²) in [6.07, 6.45) is 22.2. The SMILES string of the molecule is O=C(CCCCCCCNC(=O)C1CCCCCCC1)NC1CCCCCC1. The molecule has 0 aliphatic heterocycles. The first kappa shape index (κ1) is 23.2. The second-order valence-corrected chi connectivity index (χ2v) is 9.11. The smallest absolute Gasteiger partial charge is 0.223 e. The van der Waals surface area contributed by atoms with Gasteiger partial charge in [-0.2, -0.15) is 0 Å². The van der Waals surface area contributed by atoms with Crippen molar-refractivity contribution < 1.29 is 9.59 Å². The van der Waals surface area contributed by atoms with Gasteiger partial charge in [-0.25, -0.2) is 0 Å². The van der Waals surface area contributed by atoms with Crippen molar-refractivity contribution in [1.29, 1.82) is 0 Å². The number of hydrogen-bond acceptors (Lipinski definition) is 2. The van der Waals surface area contributed by atoms with Crippen molar-refractivity contribution in [3.63, 3.8) is 0 Å². The highest BCUT2D eigenvalue weighted by Crippen LogP contribution is 2.22. The second-order valence-electron chi connectivity index (χ2n) is 9.11. The minimum Gasteiger partial charge on any atom is -0.356 e. The molecule has 2 rings (SSSR count). The standard InChI is InChI=1S/C24H44N2O2/c27-23(26-22-17-11-6-7-12-18-22)19-13-5-2-8-14-20-25-24(28)21-15-9-3-1-4-10-16-21/h21-22H,1-20H2,(H,25,28)(H,26,27). The van der Waals surface area contributed by atoms with Crippen LogP contribution in [0.2, 0.25) is 0 Å². The summed E-state index contributed by atoms with van der Waals surface area (Å²) in [7, 11) is 0. The van der Waals surface area contributed by atoms with Crippen molar-refractivity contribution in [2.45, 2.75) is 128 Å². The lowest BCUT2D eigenvalue weighted by Crippen LogP contribution is -2.34. The molecular formula is C24H44N2O2. The van der Waals surface area contributed by atoms with Crippen LogP contribution in [0.5, 0.6) is 0 Å². The molecule has 0 aromatic heterocycles. The van der Waals surface area contributed by atoms with E-state index in [4.69, 9.17) is 0 Å². The number of rotatable bonds is 10. The van der Waals surface area contributed by atoms with Gasteiger partial charge in [0.2, 0.25) is 11.8 Å². The monoisotopic (exact) mass is 392 g/mol. The van der Waals surface area contributed by atoms with Crippen LogP contribution in [0.15, 0.2) is 0 Å². The normalized spacial score (nSPS) is 20.0. The van der Waals surface area contributed by atoms with Crippen LogP contribution >= 0.6 is 0 Å². The van der Waals surface area contributed by atoms with Crippen molar-refractivity contribution in [3.05, 3.63) is 0 Å². The van der Waals surface area contributed by atoms with Crippen molar-refractivity contribution in [3.8, 4) is 0 Å². The molecular weight excluding hydrogens is 348 g/mol. The highest BCUT2D eigenvalue weighted by molar-refractivity contribution is 5.78. The lowest BCUT2D eigenvalue weighted by molar-refractivity contribution is -0.125. The molecule has 2 aliphatic rings. The van der Waals surface area contributed by atoms with Gasteiger partial charge in [0.1, 0.15) is 0 Å². The molecule has 2 N–H and O–H groups in total. The lowest BCUT2D eigenvalue weighted by atomic mass is 9.90. The summed E-state index contributed by atoms with van der Waals surface area (Å²) < 4.78 is 0. The first-order valence-corrected chi connectivity index (χ1v) is 12.3. The minimum absolute atomic E-state index is 0.248. The lowest BCUT2D eigenvalue weighted by Gasteiger charge is -2.19. The van der Waals surface area contributed by atoms with Crippen LogP contribution in [0.3, 0.4) is 0 Å². The Morgan fingerprint density at radius 2 is 1.18 bits per heavy atom. The fourth-order valence-corrected chi connectivity index (χ4v) is 4.74. The summed E-state index contributed by atoms with van der Waals surface area (Å²) in [4.78, 5) is 24.4. The van der Waals surface area contributed by atoms with Crippen LogP contribution < -0.4 is 10.6 Å². The van der Waals surface area contributed by atoms with Gasteiger partial charge in [-0.1, -0.05) is 77.0 Å². The third-order valence-corrected chi connectivity index (χ3v) is 6.58. The first-order chi connectivity index (χ1) is 13.8. The molecule has 2 fully saturated rings. The Labute approximate surface area is 173 Å². The predicted octanol–water partition coefficient (Wildman–Crippen LogP) is 5.64. The van der Waals surface area contributed by atoms with Crippen LogP contribution in [0.25, 0.3) is 0 Å². The summed E-state index contributed by atoms with van der Waals surface area (Å²) in [6.45, 7) is 0.817. The van der Waals surface area contributed by atoms with Crippen LogP contribution in [0.4, 0.5) is 0 Å². The van der Waals surface area contributed by atoms with E-state index in [2.05, 4.69) is 10.6 Å². The van der Waals surface area contributed by atoms with Crippen molar-refractivity contribution in [2.24, 2.45) is 5.92 Å². The first-order valence-electron chi connectivity index (χ1n) is 12.3. The molecule has 0 atom stereocenters. The molecule has 0 radical (unpaired) electrons. The molecule has 0 bridgehead atoms. The Morgan fingerprint density at radius 1 is 0.643 bits per heavy atom. The summed E-state index contributed by atoms with van der Waals surface area (Å²) in [5.41, 5.74) is 0. The van der Waals surface area contributed by atoms with E-state index in [1.807, 2.05) is 0 Å². The average molecular weight is 393 g/mol. The molecule has 2 saturated carbocycles. The quantitative estimate of drug-likeness (QED) is 0.373. The highest BCUT2D eigenvalue weighted by Gasteiger charge is 2.18. The number of carbonyl (C=O) groups is 2. The van der Waals surface area contributed by atoms with Crippen molar-refractivity contribution >= 4 is 11.8 Å². The van der Waals surface area contributed by atoms with Crippen molar-refractivity contribution in [1.82, 2.24) is 10.6 Å². The maximum atomic E-state index is 12.3. The third-order valence-electron chi connectivity index (χ3n) is 6.58. The van der Waals surface area contributed by atoms with E-state index in [-0.39, 0.29) is 17.7 Å². The number of amides is 2. The molecule has 2 aliphatic carbocycles. The number of nitrogens with one attached hydrogen (secondary N) is 2. The van der Waals surface area contributed by atoms with Crippen LogP contribution in [0.1, 0.15) is 122 Å². The maximum Gasteiger partial charge on any atom is 0.223 e. The van der Waals surface area contributed by atoms with Gasteiger partial charge in [0.05, 0.1) is 0 Å². The van der Waals surface area contributed by atoms with E-state index in [1.54, 1.807) is 0 Å².